The molecule has 0 N–H and O–H groups in total. The largest absolute Gasteiger partial charge is 0.244 e. The van der Waals surface area contributed by atoms with Gasteiger partial charge >= 0.3 is 0 Å². The molecule has 2 aromatic heterocycles. The van der Waals surface area contributed by atoms with Crippen molar-refractivity contribution in [3.05, 3.63) is 35.1 Å². The lowest BCUT2D eigenvalue weighted by Gasteiger charge is -1.96. The molecule has 0 fully saturated rings. The van der Waals surface area contributed by atoms with Gasteiger partial charge in [0.2, 0.25) is 0 Å². The van der Waals surface area contributed by atoms with Gasteiger partial charge in [0.05, 0.1) is 0 Å². The third-order valence-electron chi connectivity index (χ3n) is 1.31. The quantitative estimate of drug-likeness (QED) is 0.738. The number of hydrogen-bond donors (Lipinski definition) is 0. The molecular formula is C8H5ClN2S2. The molecule has 0 aromatic carbocycles. The van der Waals surface area contributed by atoms with E-state index in [1.54, 1.807) is 35.5 Å². The van der Waals surface area contributed by atoms with Crippen LogP contribution in [0.3, 0.4) is 0 Å². The maximum Gasteiger partial charge on any atom is 0.154 e. The van der Waals surface area contributed by atoms with Crippen molar-refractivity contribution in [1.29, 1.82) is 0 Å². The first-order chi connectivity index (χ1) is 6.34. The van der Waals surface area contributed by atoms with E-state index in [-0.39, 0.29) is 0 Å². The van der Waals surface area contributed by atoms with E-state index in [9.17, 15) is 0 Å². The minimum atomic E-state index is 0.515. The second kappa shape index (κ2) is 4.09. The Hall–Kier alpha value is -0.580. The highest BCUT2D eigenvalue weighted by atomic mass is 35.5. The first-order valence-electron chi connectivity index (χ1n) is 3.53. The number of hydrogen-bond acceptors (Lipinski definition) is 4. The monoisotopic (exact) mass is 228 g/mol. The van der Waals surface area contributed by atoms with Crippen LogP contribution in [0.5, 0.6) is 0 Å². The second-order valence-corrected chi connectivity index (χ2v) is 4.82. The topological polar surface area (TPSA) is 25.8 Å². The third kappa shape index (κ3) is 2.43. The highest BCUT2D eigenvalue weighted by Gasteiger charge is 1.99. The van der Waals surface area contributed by atoms with E-state index in [1.807, 2.05) is 17.5 Å². The number of nitrogens with zero attached hydrogens (tertiary/aromatic N) is 2. The number of pyridine rings is 1. The summed E-state index contributed by atoms with van der Waals surface area (Å²) < 4.78 is 1.02. The highest BCUT2D eigenvalue weighted by molar-refractivity contribution is 8.01. The average Bonchev–Trinajstić information content (AvgIpc) is 2.57. The summed E-state index contributed by atoms with van der Waals surface area (Å²) >= 11 is 8.95. The highest BCUT2D eigenvalue weighted by Crippen LogP contribution is 2.29. The Labute approximate surface area is 89.0 Å². The van der Waals surface area contributed by atoms with Crippen LogP contribution in [0.4, 0.5) is 0 Å². The fourth-order valence-corrected chi connectivity index (χ4v) is 2.67. The van der Waals surface area contributed by atoms with Gasteiger partial charge in [-0.2, -0.15) is 0 Å². The fraction of sp³-hybridized carbons (Fsp3) is 0. The minimum absolute atomic E-state index is 0.515. The Morgan fingerprint density at radius 1 is 1.31 bits per heavy atom. The summed E-state index contributed by atoms with van der Waals surface area (Å²) in [7, 11) is 0. The lowest BCUT2D eigenvalue weighted by molar-refractivity contribution is 1.23. The fourth-order valence-electron chi connectivity index (χ4n) is 0.810. The number of thiazole rings is 1. The standard InChI is InChI=1S/C8H5ClN2S2/c9-7-5-6(1-2-10-7)13-8-11-3-4-12-8/h1-5H. The molecule has 0 aliphatic carbocycles. The van der Waals surface area contributed by atoms with Gasteiger partial charge in [0.15, 0.2) is 4.34 Å². The molecule has 0 unspecified atom stereocenters. The van der Waals surface area contributed by atoms with Gasteiger partial charge in [-0.15, -0.1) is 11.3 Å². The molecule has 0 saturated heterocycles. The molecule has 66 valence electrons. The Kier molecular flexibility index (Phi) is 2.83. The number of halogens is 1. The number of rotatable bonds is 2. The molecule has 2 heterocycles. The molecule has 0 amide bonds. The Balaban J connectivity index is 2.19. The molecule has 5 heteroatoms. The molecule has 2 aromatic rings. The van der Waals surface area contributed by atoms with Crippen molar-refractivity contribution >= 4 is 34.7 Å². The zero-order valence-electron chi connectivity index (χ0n) is 6.48. The van der Waals surface area contributed by atoms with Gasteiger partial charge in [0.1, 0.15) is 5.15 Å². The van der Waals surface area contributed by atoms with Gasteiger partial charge in [-0.25, -0.2) is 9.97 Å². The van der Waals surface area contributed by atoms with E-state index in [4.69, 9.17) is 11.6 Å². The van der Waals surface area contributed by atoms with Gasteiger partial charge in [-0.3, -0.25) is 0 Å². The molecule has 13 heavy (non-hydrogen) atoms. The molecule has 0 saturated carbocycles. The summed E-state index contributed by atoms with van der Waals surface area (Å²) in [5.74, 6) is 0. The Bertz CT molecular complexity index is 389. The molecule has 0 bridgehead atoms. The van der Waals surface area contributed by atoms with Gasteiger partial charge in [0, 0.05) is 22.7 Å². The average molecular weight is 229 g/mol. The van der Waals surface area contributed by atoms with E-state index >= 15 is 0 Å². The predicted octanol–water partition coefficient (Wildman–Crippen LogP) is 3.34. The minimum Gasteiger partial charge on any atom is -0.244 e. The Morgan fingerprint density at radius 3 is 2.92 bits per heavy atom. The van der Waals surface area contributed by atoms with E-state index in [2.05, 4.69) is 9.97 Å². The van der Waals surface area contributed by atoms with Crippen molar-refractivity contribution in [2.75, 3.05) is 0 Å². The first-order valence-corrected chi connectivity index (χ1v) is 5.61. The normalized spacial score (nSPS) is 10.2. The van der Waals surface area contributed by atoms with Crippen LogP contribution in [0, 0.1) is 0 Å². The zero-order valence-corrected chi connectivity index (χ0v) is 8.86. The van der Waals surface area contributed by atoms with Crippen LogP contribution >= 0.6 is 34.7 Å². The van der Waals surface area contributed by atoms with Crippen LogP contribution < -0.4 is 0 Å². The zero-order chi connectivity index (χ0) is 9.10. The van der Waals surface area contributed by atoms with Crippen molar-refractivity contribution in [3.63, 3.8) is 0 Å². The van der Waals surface area contributed by atoms with Crippen molar-refractivity contribution in [3.8, 4) is 0 Å². The second-order valence-electron chi connectivity index (χ2n) is 2.21. The van der Waals surface area contributed by atoms with Crippen LogP contribution in [0.15, 0.2) is 39.1 Å². The smallest absolute Gasteiger partial charge is 0.154 e. The van der Waals surface area contributed by atoms with Gasteiger partial charge in [0.25, 0.3) is 0 Å². The molecule has 2 rings (SSSR count). The molecule has 0 radical (unpaired) electrons. The van der Waals surface area contributed by atoms with E-state index < -0.39 is 0 Å². The lowest BCUT2D eigenvalue weighted by Crippen LogP contribution is -1.75. The summed E-state index contributed by atoms with van der Waals surface area (Å²) in [6.07, 6.45) is 3.48. The van der Waals surface area contributed by atoms with Crippen molar-refractivity contribution in [2.45, 2.75) is 9.24 Å². The lowest BCUT2D eigenvalue weighted by atomic mass is 10.5. The Morgan fingerprint density at radius 2 is 2.23 bits per heavy atom. The predicted molar refractivity (Wildman–Crippen MR) is 55.5 cm³/mol. The third-order valence-corrected chi connectivity index (χ3v) is 3.39. The van der Waals surface area contributed by atoms with E-state index in [0.29, 0.717) is 5.15 Å². The SMILES string of the molecule is Clc1cc(Sc2nccs2)ccn1. The van der Waals surface area contributed by atoms with Gasteiger partial charge in [-0.1, -0.05) is 23.4 Å². The van der Waals surface area contributed by atoms with Crippen LogP contribution in [-0.2, 0) is 0 Å². The van der Waals surface area contributed by atoms with E-state index in [1.165, 1.54) is 0 Å². The molecule has 0 aliphatic heterocycles. The molecule has 0 atom stereocenters. The van der Waals surface area contributed by atoms with Crippen molar-refractivity contribution in [2.24, 2.45) is 0 Å². The van der Waals surface area contributed by atoms with Crippen molar-refractivity contribution < 1.29 is 0 Å². The van der Waals surface area contributed by atoms with Gasteiger partial charge in [-0.05, 0) is 12.1 Å². The summed E-state index contributed by atoms with van der Waals surface area (Å²) in [6, 6.07) is 3.74. The first kappa shape index (κ1) is 8.99. The summed E-state index contributed by atoms with van der Waals surface area (Å²) in [5.41, 5.74) is 0. The molecule has 0 spiro atoms. The maximum absolute atomic E-state index is 5.74. The molecule has 0 aliphatic rings. The van der Waals surface area contributed by atoms with Crippen LogP contribution in [0.1, 0.15) is 0 Å². The molecule has 2 nitrogen and oxygen atoms in total. The van der Waals surface area contributed by atoms with Crippen LogP contribution in [0.2, 0.25) is 5.15 Å². The summed E-state index contributed by atoms with van der Waals surface area (Å²) in [4.78, 5) is 9.13. The van der Waals surface area contributed by atoms with Crippen LogP contribution in [-0.4, -0.2) is 9.97 Å². The maximum atomic E-state index is 5.74. The summed E-state index contributed by atoms with van der Waals surface area (Å²) in [5, 5.41) is 2.46. The van der Waals surface area contributed by atoms with Crippen LogP contribution in [0.25, 0.3) is 0 Å². The van der Waals surface area contributed by atoms with Gasteiger partial charge < -0.3 is 0 Å². The van der Waals surface area contributed by atoms with Crippen molar-refractivity contribution in [1.82, 2.24) is 9.97 Å². The van der Waals surface area contributed by atoms with E-state index in [0.717, 1.165) is 9.24 Å². The molecular weight excluding hydrogens is 224 g/mol. The number of aromatic nitrogens is 2. The summed E-state index contributed by atoms with van der Waals surface area (Å²) in [6.45, 7) is 0.